The number of hydrogen-bond acceptors (Lipinski definition) is 5. The Kier molecular flexibility index (Phi) is 5.46. The van der Waals surface area contributed by atoms with E-state index in [0.29, 0.717) is 12.2 Å². The van der Waals surface area contributed by atoms with Crippen LogP contribution in [-0.2, 0) is 19.9 Å². The average molecular weight is 572 g/mol. The summed E-state index contributed by atoms with van der Waals surface area (Å²) in [4.78, 5) is 45.8. The van der Waals surface area contributed by atoms with Crippen molar-refractivity contribution in [3.8, 4) is 0 Å². The maximum absolute atomic E-state index is 14.9. The van der Waals surface area contributed by atoms with Gasteiger partial charge in [-0.25, -0.2) is 9.69 Å². The summed E-state index contributed by atoms with van der Waals surface area (Å²) in [5.74, 6) is -1.67. The predicted octanol–water partition coefficient (Wildman–Crippen LogP) is 5.19. The first kappa shape index (κ1) is 23.6. The second-order valence-electron chi connectivity index (χ2n) is 10.4. The molecule has 0 unspecified atom stereocenters. The highest BCUT2D eigenvalue weighted by Gasteiger charge is 2.70. The smallest absolute Gasteiger partial charge is 0.417 e. The topological polar surface area (TPSA) is 79.0 Å². The number of rotatable bonds is 3. The van der Waals surface area contributed by atoms with Gasteiger partial charge in [0.15, 0.2) is 0 Å². The van der Waals surface area contributed by atoms with Gasteiger partial charge in [-0.05, 0) is 48.7 Å². The molecule has 192 valence electrons. The molecule has 0 saturated carbocycles. The predicted molar refractivity (Wildman–Crippen MR) is 144 cm³/mol. The van der Waals surface area contributed by atoms with Crippen molar-refractivity contribution < 1.29 is 19.1 Å². The van der Waals surface area contributed by atoms with Gasteiger partial charge in [0.1, 0.15) is 18.2 Å². The van der Waals surface area contributed by atoms with E-state index in [0.717, 1.165) is 34.0 Å². The minimum atomic E-state index is -1.23. The number of nitrogens with one attached hydrogen (secondary N) is 1. The third-order valence-electron chi connectivity index (χ3n) is 8.71. The molecule has 1 N–H and O–H groups in total. The Morgan fingerprint density at radius 3 is 2.42 bits per heavy atom. The molecular formula is C30H26BrN3O4. The molecule has 5 atom stereocenters. The lowest BCUT2D eigenvalue weighted by molar-refractivity contribution is -0.143. The van der Waals surface area contributed by atoms with Crippen molar-refractivity contribution in [2.75, 3.05) is 18.5 Å². The first-order valence-corrected chi connectivity index (χ1v) is 13.8. The largest absolute Gasteiger partial charge is 0.446 e. The number of imide groups is 1. The van der Waals surface area contributed by atoms with Crippen molar-refractivity contribution in [2.24, 2.45) is 5.92 Å². The number of fused-ring (bicyclic) bond motifs is 4. The van der Waals surface area contributed by atoms with Gasteiger partial charge >= 0.3 is 6.09 Å². The number of anilines is 1. The van der Waals surface area contributed by atoms with E-state index >= 15 is 0 Å². The zero-order valence-electron chi connectivity index (χ0n) is 20.5. The Hall–Kier alpha value is -3.49. The fraction of sp³-hybridized carbons (Fsp3) is 0.300. The Labute approximate surface area is 228 Å². The Bertz CT molecular complexity index is 1450. The number of carbonyl (C=O) groups excluding carboxylic acids is 3. The zero-order valence-corrected chi connectivity index (χ0v) is 22.1. The third kappa shape index (κ3) is 3.20. The molecule has 0 bridgehead atoms. The molecule has 0 aromatic heterocycles. The van der Waals surface area contributed by atoms with Crippen LogP contribution in [0.15, 0.2) is 83.3 Å². The molecule has 7 rings (SSSR count). The fourth-order valence-corrected chi connectivity index (χ4v) is 7.66. The van der Waals surface area contributed by atoms with Crippen LogP contribution in [0.25, 0.3) is 0 Å². The molecule has 4 aliphatic rings. The minimum absolute atomic E-state index is 0.0177. The van der Waals surface area contributed by atoms with Crippen molar-refractivity contribution in [2.45, 2.75) is 36.4 Å². The quantitative estimate of drug-likeness (QED) is 0.467. The normalized spacial score (nSPS) is 29.9. The first-order valence-electron chi connectivity index (χ1n) is 13.0. The van der Waals surface area contributed by atoms with E-state index in [9.17, 15) is 14.4 Å². The van der Waals surface area contributed by atoms with Crippen LogP contribution in [0.1, 0.15) is 41.5 Å². The highest BCUT2D eigenvalue weighted by atomic mass is 79.9. The summed E-state index contributed by atoms with van der Waals surface area (Å²) in [7, 11) is 0. The zero-order chi connectivity index (χ0) is 26.0. The lowest BCUT2D eigenvalue weighted by Gasteiger charge is -2.38. The Morgan fingerprint density at radius 1 is 0.974 bits per heavy atom. The van der Waals surface area contributed by atoms with Crippen molar-refractivity contribution in [1.29, 1.82) is 0 Å². The molecule has 4 aliphatic heterocycles. The lowest BCUT2D eigenvalue weighted by Crippen LogP contribution is -2.55. The molecule has 3 aromatic carbocycles. The molecule has 3 amide bonds. The second-order valence-corrected chi connectivity index (χ2v) is 11.4. The highest BCUT2D eigenvalue weighted by molar-refractivity contribution is 9.10. The van der Waals surface area contributed by atoms with Gasteiger partial charge in [0.05, 0.1) is 5.92 Å². The summed E-state index contributed by atoms with van der Waals surface area (Å²) in [5, 5.41) is 3.08. The van der Waals surface area contributed by atoms with Crippen LogP contribution in [0.4, 0.5) is 10.5 Å². The number of nitrogens with zero attached hydrogens (tertiary/aromatic N) is 2. The molecule has 0 radical (unpaired) electrons. The van der Waals surface area contributed by atoms with Gasteiger partial charge in [-0.15, -0.1) is 0 Å². The molecule has 3 saturated heterocycles. The number of carbonyl (C=O) groups is 3. The molecule has 4 heterocycles. The molecule has 3 fully saturated rings. The van der Waals surface area contributed by atoms with Crippen molar-refractivity contribution >= 4 is 39.5 Å². The highest BCUT2D eigenvalue weighted by Crippen LogP contribution is 2.61. The average Bonchev–Trinajstić information content (AvgIpc) is 3.68. The van der Waals surface area contributed by atoms with Gasteiger partial charge in [0.2, 0.25) is 11.8 Å². The summed E-state index contributed by atoms with van der Waals surface area (Å²) in [6.45, 7) is 0.787. The molecule has 0 aliphatic carbocycles. The van der Waals surface area contributed by atoms with Crippen LogP contribution < -0.4 is 5.32 Å². The monoisotopic (exact) mass is 571 g/mol. The van der Waals surface area contributed by atoms with Crippen LogP contribution in [0.2, 0.25) is 0 Å². The van der Waals surface area contributed by atoms with Crippen molar-refractivity contribution in [3.05, 3.63) is 100 Å². The summed E-state index contributed by atoms with van der Waals surface area (Å²) in [5.41, 5.74) is 2.08. The standard InChI is InChI=1S/C30H26BrN3O4/c31-20-13-14-22-21(16-20)30(28(36)32-22)26(25(19-10-5-2-6-11-19)23-12-7-15-33(23)30)27(35)34-24(17-38-29(34)37)18-8-3-1-4-9-18/h1-6,8-11,13-14,16,23-26H,7,12,15,17H2,(H,32,36)/t23-,24-,25-,26-,30+/m1/s1. The van der Waals surface area contributed by atoms with Gasteiger partial charge < -0.3 is 10.1 Å². The van der Waals surface area contributed by atoms with Crippen LogP contribution in [0.5, 0.6) is 0 Å². The van der Waals surface area contributed by atoms with E-state index in [4.69, 9.17) is 4.74 Å². The van der Waals surface area contributed by atoms with Crippen molar-refractivity contribution in [3.63, 3.8) is 0 Å². The third-order valence-corrected chi connectivity index (χ3v) is 9.20. The van der Waals surface area contributed by atoms with Gasteiger partial charge in [-0.3, -0.25) is 14.5 Å². The number of hydrogen-bond donors (Lipinski definition) is 1. The Balaban J connectivity index is 1.45. The Morgan fingerprint density at radius 2 is 1.68 bits per heavy atom. The van der Waals surface area contributed by atoms with Crippen LogP contribution >= 0.6 is 15.9 Å². The maximum atomic E-state index is 14.9. The van der Waals surface area contributed by atoms with Gasteiger partial charge in [-0.2, -0.15) is 0 Å². The summed E-state index contributed by atoms with van der Waals surface area (Å²) in [6, 6.07) is 24.6. The van der Waals surface area contributed by atoms with Crippen LogP contribution in [-0.4, -0.2) is 46.9 Å². The van der Waals surface area contributed by atoms with E-state index < -0.39 is 23.6 Å². The molecule has 7 nitrogen and oxygen atoms in total. The number of benzene rings is 3. The van der Waals surface area contributed by atoms with Crippen molar-refractivity contribution in [1.82, 2.24) is 9.80 Å². The molecule has 8 heteroatoms. The molecule has 38 heavy (non-hydrogen) atoms. The number of halogens is 1. The van der Waals surface area contributed by atoms with Crippen LogP contribution in [0, 0.1) is 5.92 Å². The minimum Gasteiger partial charge on any atom is -0.446 e. The van der Waals surface area contributed by atoms with E-state index in [2.05, 4.69) is 26.1 Å². The van der Waals surface area contributed by atoms with Gasteiger partial charge in [0.25, 0.3) is 0 Å². The van der Waals surface area contributed by atoms with E-state index in [1.807, 2.05) is 78.9 Å². The van der Waals surface area contributed by atoms with E-state index in [-0.39, 0.29) is 30.4 Å². The summed E-state index contributed by atoms with van der Waals surface area (Å²) < 4.78 is 6.29. The molecule has 1 spiro atoms. The van der Waals surface area contributed by atoms with E-state index in [1.165, 1.54) is 4.90 Å². The summed E-state index contributed by atoms with van der Waals surface area (Å²) >= 11 is 3.59. The fourth-order valence-electron chi connectivity index (χ4n) is 7.30. The van der Waals surface area contributed by atoms with E-state index in [1.54, 1.807) is 0 Å². The SMILES string of the molecule is O=C1OC[C@H](c2ccccc2)N1C(=O)[C@H]1[C@H](c2ccccc2)[C@H]2CCCN2[C@]12C(=O)Nc1ccc(Br)cc12. The summed E-state index contributed by atoms with van der Waals surface area (Å²) in [6.07, 6.45) is 1.14. The first-order chi connectivity index (χ1) is 18.5. The lowest BCUT2D eigenvalue weighted by atomic mass is 9.71. The van der Waals surface area contributed by atoms with Gasteiger partial charge in [0, 0.05) is 27.7 Å². The molecular weight excluding hydrogens is 546 g/mol. The number of cyclic esters (lactones) is 1. The maximum Gasteiger partial charge on any atom is 0.417 e. The van der Waals surface area contributed by atoms with Gasteiger partial charge in [-0.1, -0.05) is 76.6 Å². The number of ether oxygens (including phenoxy) is 1. The van der Waals surface area contributed by atoms with Crippen LogP contribution in [0.3, 0.4) is 0 Å². The second kappa shape index (κ2) is 8.78. The number of amides is 3. The molecule has 3 aromatic rings.